The van der Waals surface area contributed by atoms with E-state index in [9.17, 15) is 4.79 Å². The summed E-state index contributed by atoms with van der Waals surface area (Å²) in [5, 5.41) is 12.0. The first-order valence-electron chi connectivity index (χ1n) is 14.7. The lowest BCUT2D eigenvalue weighted by Crippen LogP contribution is -2.34. The Morgan fingerprint density at radius 2 is 2.07 bits per heavy atom. The van der Waals surface area contributed by atoms with Gasteiger partial charge in [-0.15, -0.1) is 16.4 Å². The number of aromatic nitrogens is 4. The molecule has 218 valence electrons. The maximum Gasteiger partial charge on any atom is 0.306 e. The summed E-state index contributed by atoms with van der Waals surface area (Å²) in [7, 11) is 1.90. The van der Waals surface area contributed by atoms with Crippen molar-refractivity contribution in [2.75, 3.05) is 13.2 Å². The van der Waals surface area contributed by atoms with Crippen molar-refractivity contribution < 1.29 is 14.3 Å². The van der Waals surface area contributed by atoms with Gasteiger partial charge >= 0.3 is 5.97 Å². The van der Waals surface area contributed by atoms with Gasteiger partial charge in [0.2, 0.25) is 0 Å². The molecule has 1 aliphatic heterocycles. The minimum atomic E-state index is -0.208. The van der Waals surface area contributed by atoms with Crippen LogP contribution < -0.4 is 4.74 Å². The third-order valence-electron chi connectivity index (χ3n) is 8.49. The Hall–Kier alpha value is -3.82. The summed E-state index contributed by atoms with van der Waals surface area (Å²) in [5.41, 5.74) is 7.24. The molecule has 6 rings (SSSR count). The fourth-order valence-electron chi connectivity index (χ4n) is 6.18. The lowest BCUT2D eigenvalue weighted by atomic mass is 9.84. The van der Waals surface area contributed by atoms with E-state index in [2.05, 4.69) is 65.6 Å². The molecule has 0 fully saturated rings. The van der Waals surface area contributed by atoms with E-state index in [1.54, 1.807) is 16.0 Å². The zero-order chi connectivity index (χ0) is 29.4. The predicted molar refractivity (Wildman–Crippen MR) is 166 cm³/mol. The lowest BCUT2D eigenvalue weighted by molar-refractivity contribution is -0.143. The van der Waals surface area contributed by atoms with Gasteiger partial charge < -0.3 is 9.47 Å². The second-order valence-corrected chi connectivity index (χ2v) is 12.0. The number of hydrogen-bond donors (Lipinski definition) is 0. The number of carbonyl (C=O) groups is 1. The summed E-state index contributed by atoms with van der Waals surface area (Å²) >= 11 is 1.76. The van der Waals surface area contributed by atoms with Crippen molar-refractivity contribution in [2.45, 2.75) is 65.1 Å². The molecule has 0 saturated heterocycles. The van der Waals surface area contributed by atoms with Crippen LogP contribution in [0.3, 0.4) is 0 Å². The molecule has 0 saturated carbocycles. The van der Waals surface area contributed by atoms with Crippen LogP contribution in [-0.2, 0) is 23.1 Å². The molecule has 0 radical (unpaired) electrons. The second-order valence-electron chi connectivity index (χ2n) is 11.1. The van der Waals surface area contributed by atoms with Crippen molar-refractivity contribution in [1.29, 1.82) is 0 Å². The molecule has 0 spiro atoms. The molecular formula is C33H37N5O3S. The first-order valence-corrected chi connectivity index (χ1v) is 15.6. The van der Waals surface area contributed by atoms with Gasteiger partial charge in [-0.05, 0) is 90.5 Å². The highest BCUT2D eigenvalue weighted by atomic mass is 32.1. The van der Waals surface area contributed by atoms with Crippen LogP contribution >= 0.6 is 11.3 Å². The molecule has 0 bridgehead atoms. The van der Waals surface area contributed by atoms with Gasteiger partial charge in [0.05, 0.1) is 30.3 Å². The maximum absolute atomic E-state index is 13.0. The molecule has 1 unspecified atom stereocenters. The number of esters is 1. The molecule has 1 aliphatic rings. The standard InChI is InChI=1S/C33H37N5O3S/c1-6-25-19-38(21(4)32-29(41-25)9-8-13-34-32)18-24-16-23(15-22-12-14-42-33(22)24)27(17-30(39)40-7-2)26-10-11-28-31(20(26)3)35-36-37(28)5/h8-16,21,25,27H,6-7,17-19H2,1-5H3/t21-,25-,27?/m1/s1. The molecule has 3 atom stereocenters. The van der Waals surface area contributed by atoms with Crippen LogP contribution in [0, 0.1) is 6.92 Å². The summed E-state index contributed by atoms with van der Waals surface area (Å²) in [5.74, 6) is 0.479. The molecule has 42 heavy (non-hydrogen) atoms. The highest BCUT2D eigenvalue weighted by molar-refractivity contribution is 7.17. The Kier molecular flexibility index (Phi) is 7.96. The van der Waals surface area contributed by atoms with Crippen LogP contribution in [0.1, 0.15) is 73.5 Å². The van der Waals surface area contributed by atoms with Gasteiger partial charge in [0.15, 0.2) is 0 Å². The first-order chi connectivity index (χ1) is 20.4. The summed E-state index contributed by atoms with van der Waals surface area (Å²) in [6, 6.07) is 14.9. The average molecular weight is 584 g/mol. The van der Waals surface area contributed by atoms with Gasteiger partial charge in [0.25, 0.3) is 0 Å². The van der Waals surface area contributed by atoms with E-state index in [4.69, 9.17) is 14.5 Å². The van der Waals surface area contributed by atoms with E-state index in [1.165, 1.54) is 15.6 Å². The fourth-order valence-corrected chi connectivity index (χ4v) is 7.07. The average Bonchev–Trinajstić information content (AvgIpc) is 3.59. The minimum Gasteiger partial charge on any atom is -0.487 e. The minimum absolute atomic E-state index is 0.0813. The number of pyridine rings is 1. The second kappa shape index (κ2) is 11.8. The third-order valence-corrected chi connectivity index (χ3v) is 9.49. The first kappa shape index (κ1) is 28.3. The summed E-state index contributed by atoms with van der Waals surface area (Å²) in [6.07, 6.45) is 3.09. The van der Waals surface area contributed by atoms with Crippen molar-refractivity contribution in [1.82, 2.24) is 24.9 Å². The molecular weight excluding hydrogens is 546 g/mol. The van der Waals surface area contributed by atoms with E-state index in [0.717, 1.165) is 58.7 Å². The van der Waals surface area contributed by atoms with Crippen molar-refractivity contribution in [2.24, 2.45) is 7.05 Å². The van der Waals surface area contributed by atoms with Gasteiger partial charge in [0.1, 0.15) is 17.4 Å². The number of hydrogen-bond acceptors (Lipinski definition) is 8. The van der Waals surface area contributed by atoms with E-state index in [0.29, 0.717) is 6.61 Å². The van der Waals surface area contributed by atoms with E-state index in [-0.39, 0.29) is 30.5 Å². The molecule has 0 N–H and O–H groups in total. The molecule has 2 aromatic carbocycles. The Morgan fingerprint density at radius 3 is 2.88 bits per heavy atom. The highest BCUT2D eigenvalue weighted by Crippen LogP contribution is 2.39. The smallest absolute Gasteiger partial charge is 0.306 e. The van der Waals surface area contributed by atoms with Crippen molar-refractivity contribution >= 4 is 38.4 Å². The van der Waals surface area contributed by atoms with Gasteiger partial charge in [-0.2, -0.15) is 0 Å². The number of nitrogens with zero attached hydrogens (tertiary/aromatic N) is 5. The van der Waals surface area contributed by atoms with Gasteiger partial charge in [0, 0.05) is 37.0 Å². The largest absolute Gasteiger partial charge is 0.487 e. The SMILES string of the molecule is CCOC(=O)CC(c1cc(CN2C[C@@H](CC)Oc3cccnc3[C@H]2C)c2sccc2c1)c1ccc2c(nnn2C)c1C. The number of carbonyl (C=O) groups excluding carboxylic acids is 1. The topological polar surface area (TPSA) is 82.4 Å². The Balaban J connectivity index is 1.44. The number of thiophene rings is 1. The quantitative estimate of drug-likeness (QED) is 0.188. The van der Waals surface area contributed by atoms with Crippen LogP contribution in [0.2, 0.25) is 0 Å². The third kappa shape index (κ3) is 5.27. The Bertz CT molecular complexity index is 1740. The van der Waals surface area contributed by atoms with Crippen molar-refractivity contribution in [3.8, 4) is 5.75 Å². The molecule has 4 heterocycles. The number of ether oxygens (including phenoxy) is 2. The fraction of sp³-hybridized carbons (Fsp3) is 0.394. The molecule has 0 aliphatic carbocycles. The molecule has 0 amide bonds. The lowest BCUT2D eigenvalue weighted by Gasteiger charge is -2.29. The van der Waals surface area contributed by atoms with E-state index >= 15 is 0 Å². The molecule has 5 aromatic rings. The maximum atomic E-state index is 13.0. The van der Waals surface area contributed by atoms with Crippen molar-refractivity contribution in [3.63, 3.8) is 0 Å². The normalized spacial score (nSPS) is 18.0. The van der Waals surface area contributed by atoms with Crippen molar-refractivity contribution in [3.05, 3.63) is 82.0 Å². The van der Waals surface area contributed by atoms with Crippen LogP contribution in [0.5, 0.6) is 5.75 Å². The number of aryl methyl sites for hydroxylation is 2. The van der Waals surface area contributed by atoms with Gasteiger partial charge in [-0.3, -0.25) is 14.7 Å². The zero-order valence-corrected chi connectivity index (χ0v) is 25.6. The van der Waals surface area contributed by atoms with Gasteiger partial charge in [-0.25, -0.2) is 4.68 Å². The van der Waals surface area contributed by atoms with Crippen LogP contribution in [0.25, 0.3) is 21.1 Å². The van der Waals surface area contributed by atoms with E-state index in [1.807, 2.05) is 38.4 Å². The molecule has 9 heteroatoms. The van der Waals surface area contributed by atoms with Crippen LogP contribution in [0.15, 0.2) is 54.0 Å². The molecule has 8 nitrogen and oxygen atoms in total. The zero-order valence-electron chi connectivity index (χ0n) is 24.8. The monoisotopic (exact) mass is 583 g/mol. The number of fused-ring (bicyclic) bond motifs is 3. The van der Waals surface area contributed by atoms with Crippen LogP contribution in [-0.4, -0.2) is 50.1 Å². The van der Waals surface area contributed by atoms with Gasteiger partial charge in [-0.1, -0.05) is 24.3 Å². The number of rotatable bonds is 8. The number of benzene rings is 2. The summed E-state index contributed by atoms with van der Waals surface area (Å²) < 4.78 is 14.9. The Morgan fingerprint density at radius 1 is 1.21 bits per heavy atom. The summed E-state index contributed by atoms with van der Waals surface area (Å²) in [6.45, 7) is 10.2. The highest BCUT2D eigenvalue weighted by Gasteiger charge is 2.30. The molecule has 3 aromatic heterocycles. The van der Waals surface area contributed by atoms with Crippen LogP contribution in [0.4, 0.5) is 0 Å². The van der Waals surface area contributed by atoms with E-state index < -0.39 is 0 Å². The summed E-state index contributed by atoms with van der Waals surface area (Å²) in [4.78, 5) is 20.2. The Labute approximate surface area is 250 Å². The predicted octanol–water partition coefficient (Wildman–Crippen LogP) is 6.71.